The van der Waals surface area contributed by atoms with E-state index in [-0.39, 0.29) is 24.5 Å². The first-order valence-corrected chi connectivity index (χ1v) is 9.51. The van der Waals surface area contributed by atoms with Gasteiger partial charge in [0.05, 0.1) is 4.90 Å². The van der Waals surface area contributed by atoms with Crippen LogP contribution in [0.4, 0.5) is 0 Å². The van der Waals surface area contributed by atoms with E-state index in [1.54, 1.807) is 18.2 Å². The number of carbonyl (C=O) groups excluding carboxylic acids is 1. The van der Waals surface area contributed by atoms with Crippen molar-refractivity contribution in [2.75, 3.05) is 13.2 Å². The Bertz CT molecular complexity index is 764. The zero-order valence-electron chi connectivity index (χ0n) is 13.8. The van der Waals surface area contributed by atoms with Gasteiger partial charge in [-0.1, -0.05) is 48.5 Å². The molecule has 0 unspecified atom stereocenters. The highest BCUT2D eigenvalue weighted by molar-refractivity contribution is 7.89. The first-order valence-electron chi connectivity index (χ1n) is 8.03. The SMILES string of the molecule is O=C(NCCCO)[C@H](Cc1ccccc1)NS(=O)(=O)c1ccccc1. The maximum Gasteiger partial charge on any atom is 0.241 e. The number of aliphatic hydroxyl groups is 1. The van der Waals surface area contributed by atoms with Crippen LogP contribution in [0.5, 0.6) is 0 Å². The minimum atomic E-state index is -3.82. The second-order valence-corrected chi connectivity index (χ2v) is 7.26. The molecule has 0 spiro atoms. The molecule has 0 saturated heterocycles. The molecule has 134 valence electrons. The minimum absolute atomic E-state index is 0.0423. The lowest BCUT2D eigenvalue weighted by molar-refractivity contribution is -0.122. The summed E-state index contributed by atoms with van der Waals surface area (Å²) < 4.78 is 27.6. The molecule has 0 aliphatic carbocycles. The number of hydrogen-bond donors (Lipinski definition) is 3. The summed E-state index contributed by atoms with van der Waals surface area (Å²) in [4.78, 5) is 12.5. The van der Waals surface area contributed by atoms with Gasteiger partial charge >= 0.3 is 0 Å². The average Bonchev–Trinajstić information content (AvgIpc) is 2.63. The molecule has 0 aromatic heterocycles. The van der Waals surface area contributed by atoms with Crippen LogP contribution in [-0.4, -0.2) is 38.6 Å². The molecule has 2 aromatic carbocycles. The van der Waals surface area contributed by atoms with Gasteiger partial charge in [-0.05, 0) is 30.5 Å². The molecule has 2 aromatic rings. The Morgan fingerprint density at radius 2 is 1.60 bits per heavy atom. The van der Waals surface area contributed by atoms with E-state index in [1.165, 1.54) is 12.1 Å². The number of hydrogen-bond acceptors (Lipinski definition) is 4. The molecule has 0 heterocycles. The van der Waals surface area contributed by atoms with E-state index < -0.39 is 22.0 Å². The van der Waals surface area contributed by atoms with Crippen LogP contribution >= 0.6 is 0 Å². The number of sulfonamides is 1. The molecule has 0 aliphatic heterocycles. The molecule has 1 amide bonds. The topological polar surface area (TPSA) is 95.5 Å². The zero-order chi connectivity index (χ0) is 18.1. The molecular formula is C18H22N2O4S. The van der Waals surface area contributed by atoms with Gasteiger partial charge in [-0.3, -0.25) is 4.79 Å². The quantitative estimate of drug-likeness (QED) is 0.582. The van der Waals surface area contributed by atoms with Crippen LogP contribution < -0.4 is 10.0 Å². The van der Waals surface area contributed by atoms with Crippen molar-refractivity contribution < 1.29 is 18.3 Å². The maximum atomic E-state index is 12.5. The Balaban J connectivity index is 2.17. The van der Waals surface area contributed by atoms with E-state index >= 15 is 0 Å². The Kier molecular flexibility index (Phi) is 7.12. The number of nitrogens with one attached hydrogen (secondary N) is 2. The molecule has 0 bridgehead atoms. The van der Waals surface area contributed by atoms with Crippen LogP contribution in [0.1, 0.15) is 12.0 Å². The Morgan fingerprint density at radius 1 is 1.00 bits per heavy atom. The third-order valence-corrected chi connectivity index (χ3v) is 5.07. The van der Waals surface area contributed by atoms with Crippen molar-refractivity contribution in [3.8, 4) is 0 Å². The molecule has 0 radical (unpaired) electrons. The highest BCUT2D eigenvalue weighted by atomic mass is 32.2. The standard InChI is InChI=1S/C18H22N2O4S/c21-13-7-12-19-18(22)17(14-15-8-3-1-4-9-15)20-25(23,24)16-10-5-2-6-11-16/h1-6,8-11,17,20-21H,7,12-14H2,(H,19,22)/t17-/m0/s1. The highest BCUT2D eigenvalue weighted by Crippen LogP contribution is 2.11. The number of benzene rings is 2. The minimum Gasteiger partial charge on any atom is -0.396 e. The molecular weight excluding hydrogens is 340 g/mol. The van der Waals surface area contributed by atoms with E-state index in [2.05, 4.69) is 10.0 Å². The van der Waals surface area contributed by atoms with Crippen LogP contribution in [0, 0.1) is 0 Å². The summed E-state index contributed by atoms with van der Waals surface area (Å²) in [6.07, 6.45) is 0.646. The van der Waals surface area contributed by atoms with Gasteiger partial charge in [0.15, 0.2) is 0 Å². The van der Waals surface area contributed by atoms with Gasteiger partial charge in [-0.25, -0.2) is 8.42 Å². The fourth-order valence-corrected chi connectivity index (χ4v) is 3.52. The van der Waals surface area contributed by atoms with Crippen LogP contribution in [0.2, 0.25) is 0 Å². The summed E-state index contributed by atoms with van der Waals surface area (Å²) in [7, 11) is -3.82. The molecule has 7 heteroatoms. The molecule has 25 heavy (non-hydrogen) atoms. The molecule has 1 atom stereocenters. The third kappa shape index (κ3) is 5.97. The summed E-state index contributed by atoms with van der Waals surface area (Å²) in [5, 5.41) is 11.5. The van der Waals surface area contributed by atoms with Crippen molar-refractivity contribution in [3.63, 3.8) is 0 Å². The van der Waals surface area contributed by atoms with Crippen LogP contribution in [-0.2, 0) is 21.2 Å². The van der Waals surface area contributed by atoms with E-state index in [9.17, 15) is 13.2 Å². The molecule has 0 aliphatic rings. The number of amides is 1. The summed E-state index contributed by atoms with van der Waals surface area (Å²) in [5.74, 6) is -0.420. The molecule has 6 nitrogen and oxygen atoms in total. The summed E-state index contributed by atoms with van der Waals surface area (Å²) >= 11 is 0. The summed E-state index contributed by atoms with van der Waals surface area (Å²) in [5.41, 5.74) is 0.848. The largest absolute Gasteiger partial charge is 0.396 e. The first kappa shape index (κ1) is 19.1. The maximum absolute atomic E-state index is 12.5. The number of rotatable bonds is 9. The second kappa shape index (κ2) is 9.31. The fraction of sp³-hybridized carbons (Fsp3) is 0.278. The van der Waals surface area contributed by atoms with Gasteiger partial charge < -0.3 is 10.4 Å². The average molecular weight is 362 g/mol. The smallest absolute Gasteiger partial charge is 0.241 e. The van der Waals surface area contributed by atoms with Gasteiger partial charge in [-0.2, -0.15) is 4.72 Å². The normalized spacial score (nSPS) is 12.5. The summed E-state index contributed by atoms with van der Waals surface area (Å²) in [6.45, 7) is 0.243. The van der Waals surface area contributed by atoms with Crippen molar-refractivity contribution >= 4 is 15.9 Å². The molecule has 0 saturated carbocycles. The van der Waals surface area contributed by atoms with Crippen molar-refractivity contribution in [3.05, 3.63) is 66.2 Å². The van der Waals surface area contributed by atoms with Crippen LogP contribution in [0.3, 0.4) is 0 Å². The van der Waals surface area contributed by atoms with Crippen LogP contribution in [0.25, 0.3) is 0 Å². The van der Waals surface area contributed by atoms with E-state index in [4.69, 9.17) is 5.11 Å². The predicted octanol–water partition coefficient (Wildman–Crippen LogP) is 1.07. The fourth-order valence-electron chi connectivity index (χ4n) is 2.31. The number of carbonyl (C=O) groups is 1. The van der Waals surface area contributed by atoms with E-state index in [0.29, 0.717) is 6.42 Å². The third-order valence-electron chi connectivity index (χ3n) is 3.58. The first-order chi connectivity index (χ1) is 12.0. The zero-order valence-corrected chi connectivity index (χ0v) is 14.6. The van der Waals surface area contributed by atoms with E-state index in [1.807, 2.05) is 30.3 Å². The van der Waals surface area contributed by atoms with Crippen molar-refractivity contribution in [2.24, 2.45) is 0 Å². The number of aliphatic hydroxyl groups excluding tert-OH is 1. The predicted molar refractivity (Wildman–Crippen MR) is 95.4 cm³/mol. The monoisotopic (exact) mass is 362 g/mol. The molecule has 3 N–H and O–H groups in total. The summed E-state index contributed by atoms with van der Waals surface area (Å²) in [6, 6.07) is 16.2. The Morgan fingerprint density at radius 3 is 2.20 bits per heavy atom. The van der Waals surface area contributed by atoms with Gasteiger partial charge in [0, 0.05) is 13.2 Å². The van der Waals surface area contributed by atoms with Gasteiger partial charge in [-0.15, -0.1) is 0 Å². The van der Waals surface area contributed by atoms with Crippen LogP contribution in [0.15, 0.2) is 65.6 Å². The Labute approximate surface area is 147 Å². The lowest BCUT2D eigenvalue weighted by Crippen LogP contribution is -2.48. The van der Waals surface area contributed by atoms with Crippen molar-refractivity contribution in [2.45, 2.75) is 23.8 Å². The Hall–Kier alpha value is -2.22. The molecule has 2 rings (SSSR count). The molecule has 0 fully saturated rings. The van der Waals surface area contributed by atoms with Gasteiger partial charge in [0.25, 0.3) is 0 Å². The van der Waals surface area contributed by atoms with Crippen molar-refractivity contribution in [1.29, 1.82) is 0 Å². The van der Waals surface area contributed by atoms with Gasteiger partial charge in [0.1, 0.15) is 6.04 Å². The van der Waals surface area contributed by atoms with Gasteiger partial charge in [0.2, 0.25) is 15.9 Å². The second-order valence-electron chi connectivity index (χ2n) is 5.54. The highest BCUT2D eigenvalue weighted by Gasteiger charge is 2.25. The lowest BCUT2D eigenvalue weighted by atomic mass is 10.1. The van der Waals surface area contributed by atoms with E-state index in [0.717, 1.165) is 5.56 Å². The lowest BCUT2D eigenvalue weighted by Gasteiger charge is -2.18. The van der Waals surface area contributed by atoms with Crippen molar-refractivity contribution in [1.82, 2.24) is 10.0 Å².